The summed E-state index contributed by atoms with van der Waals surface area (Å²) in [6.45, 7) is 4.59. The SMILES string of the molecule is COC(=O)[C@H](CCc1ccc(OC(F)(F)F)cc1)NC(=O)CNC(=O)OC(C)(C)C. The zero-order valence-electron chi connectivity index (χ0n) is 17.1. The molecule has 168 valence electrons. The molecule has 1 atom stereocenters. The van der Waals surface area contributed by atoms with E-state index < -0.39 is 42.5 Å². The molecule has 1 aromatic rings. The van der Waals surface area contributed by atoms with Crippen LogP contribution in [-0.4, -0.2) is 49.6 Å². The van der Waals surface area contributed by atoms with Gasteiger partial charge in [0.2, 0.25) is 5.91 Å². The molecule has 0 aliphatic heterocycles. The van der Waals surface area contributed by atoms with E-state index in [1.165, 1.54) is 12.1 Å². The van der Waals surface area contributed by atoms with E-state index in [1.807, 2.05) is 0 Å². The van der Waals surface area contributed by atoms with Crippen LogP contribution in [-0.2, 0) is 25.5 Å². The number of carbonyl (C=O) groups is 3. The number of alkyl carbamates (subject to hydrolysis) is 1. The lowest BCUT2D eigenvalue weighted by atomic mass is 10.0. The zero-order chi connectivity index (χ0) is 22.9. The van der Waals surface area contributed by atoms with Gasteiger partial charge in [-0.05, 0) is 51.3 Å². The first-order valence-corrected chi connectivity index (χ1v) is 8.98. The highest BCUT2D eigenvalue weighted by atomic mass is 19.4. The van der Waals surface area contributed by atoms with Crippen molar-refractivity contribution < 1.29 is 41.8 Å². The molecule has 2 N–H and O–H groups in total. The lowest BCUT2D eigenvalue weighted by Crippen LogP contribution is -2.46. The standard InChI is InChI=1S/C19H25F3N2O6/c1-18(2,3)30-17(27)23-11-15(25)24-14(16(26)28-4)10-7-12-5-8-13(9-6-12)29-19(20,21)22/h5-6,8-9,14H,7,10-11H2,1-4H3,(H,23,27)(H,24,25)/t14-/m0/s1. The molecule has 0 spiro atoms. The number of carbonyl (C=O) groups excluding carboxylic acids is 3. The number of benzene rings is 1. The summed E-state index contributed by atoms with van der Waals surface area (Å²) in [5.41, 5.74) is -0.102. The average Bonchev–Trinajstić information content (AvgIpc) is 2.61. The number of halogens is 3. The average molecular weight is 434 g/mol. The number of rotatable bonds is 8. The molecule has 0 bridgehead atoms. The number of amides is 2. The van der Waals surface area contributed by atoms with Gasteiger partial charge >= 0.3 is 18.4 Å². The summed E-state index contributed by atoms with van der Waals surface area (Å²) in [7, 11) is 1.16. The minimum atomic E-state index is -4.78. The molecule has 0 heterocycles. The fraction of sp³-hybridized carbons (Fsp3) is 0.526. The van der Waals surface area contributed by atoms with Crippen molar-refractivity contribution in [3.63, 3.8) is 0 Å². The first kappa shape index (κ1) is 25.1. The van der Waals surface area contributed by atoms with Gasteiger partial charge in [-0.15, -0.1) is 13.2 Å². The normalized spacial score (nSPS) is 12.5. The van der Waals surface area contributed by atoms with E-state index >= 15 is 0 Å². The summed E-state index contributed by atoms with van der Waals surface area (Å²) in [5.74, 6) is -1.69. The Balaban J connectivity index is 2.59. The summed E-state index contributed by atoms with van der Waals surface area (Å²) >= 11 is 0. The van der Waals surface area contributed by atoms with E-state index in [0.717, 1.165) is 19.2 Å². The minimum Gasteiger partial charge on any atom is -0.467 e. The monoisotopic (exact) mass is 434 g/mol. The third kappa shape index (κ3) is 10.5. The van der Waals surface area contributed by atoms with Gasteiger partial charge in [0.1, 0.15) is 23.9 Å². The van der Waals surface area contributed by atoms with E-state index in [1.54, 1.807) is 20.8 Å². The Morgan fingerprint density at radius 1 is 1.07 bits per heavy atom. The van der Waals surface area contributed by atoms with Gasteiger partial charge in [-0.3, -0.25) is 4.79 Å². The topological polar surface area (TPSA) is 103 Å². The third-order valence-electron chi connectivity index (χ3n) is 3.49. The molecular weight excluding hydrogens is 409 g/mol. The molecule has 2 amide bonds. The molecule has 0 saturated carbocycles. The van der Waals surface area contributed by atoms with Crippen LogP contribution in [0.2, 0.25) is 0 Å². The number of aryl methyl sites for hydroxylation is 1. The van der Waals surface area contributed by atoms with Crippen LogP contribution in [0.3, 0.4) is 0 Å². The highest BCUT2D eigenvalue weighted by Crippen LogP contribution is 2.23. The molecule has 0 aliphatic carbocycles. The van der Waals surface area contributed by atoms with Crippen LogP contribution in [0.4, 0.5) is 18.0 Å². The summed E-state index contributed by atoms with van der Waals surface area (Å²) in [5, 5.41) is 4.71. The van der Waals surface area contributed by atoms with Crippen molar-refractivity contribution in [2.45, 2.75) is 51.6 Å². The van der Waals surface area contributed by atoms with Crippen molar-refractivity contribution in [3.8, 4) is 5.75 Å². The van der Waals surface area contributed by atoms with E-state index in [2.05, 4.69) is 20.1 Å². The van der Waals surface area contributed by atoms with Crippen LogP contribution < -0.4 is 15.4 Å². The zero-order valence-corrected chi connectivity index (χ0v) is 17.1. The Hall–Kier alpha value is -2.98. The summed E-state index contributed by atoms with van der Waals surface area (Å²) in [6, 6.07) is 4.13. The molecule has 0 aliphatic rings. The van der Waals surface area contributed by atoms with Crippen LogP contribution >= 0.6 is 0 Å². The number of hydrogen-bond acceptors (Lipinski definition) is 6. The van der Waals surface area contributed by atoms with Crippen molar-refractivity contribution in [1.29, 1.82) is 0 Å². The fourth-order valence-electron chi connectivity index (χ4n) is 2.27. The van der Waals surface area contributed by atoms with Crippen molar-refractivity contribution in [1.82, 2.24) is 10.6 Å². The molecule has 1 aromatic carbocycles. The van der Waals surface area contributed by atoms with Gasteiger partial charge < -0.3 is 24.8 Å². The lowest BCUT2D eigenvalue weighted by Gasteiger charge is -2.20. The number of esters is 1. The van der Waals surface area contributed by atoms with Crippen molar-refractivity contribution in [2.24, 2.45) is 0 Å². The molecule has 0 unspecified atom stereocenters. The maximum absolute atomic E-state index is 12.2. The number of alkyl halides is 3. The lowest BCUT2D eigenvalue weighted by molar-refractivity contribution is -0.274. The maximum atomic E-state index is 12.2. The molecule has 0 radical (unpaired) electrons. The first-order valence-electron chi connectivity index (χ1n) is 8.98. The predicted octanol–water partition coefficient (Wildman–Crippen LogP) is 2.70. The third-order valence-corrected chi connectivity index (χ3v) is 3.49. The van der Waals surface area contributed by atoms with E-state index in [-0.39, 0.29) is 18.6 Å². The second-order valence-electron chi connectivity index (χ2n) is 7.23. The molecule has 11 heteroatoms. The predicted molar refractivity (Wildman–Crippen MR) is 99.6 cm³/mol. The largest absolute Gasteiger partial charge is 0.573 e. The highest BCUT2D eigenvalue weighted by Gasteiger charge is 2.31. The molecule has 8 nitrogen and oxygen atoms in total. The molecular formula is C19H25F3N2O6. The van der Waals surface area contributed by atoms with E-state index in [9.17, 15) is 27.6 Å². The van der Waals surface area contributed by atoms with Crippen molar-refractivity contribution in [2.75, 3.05) is 13.7 Å². The molecule has 1 rings (SSSR count). The van der Waals surface area contributed by atoms with Gasteiger partial charge in [0.25, 0.3) is 0 Å². The fourth-order valence-corrected chi connectivity index (χ4v) is 2.27. The van der Waals surface area contributed by atoms with Crippen LogP contribution in [0.5, 0.6) is 5.75 Å². The van der Waals surface area contributed by atoms with Crippen molar-refractivity contribution >= 4 is 18.0 Å². The molecule has 0 fully saturated rings. The number of ether oxygens (including phenoxy) is 3. The van der Waals surface area contributed by atoms with Gasteiger partial charge in [-0.1, -0.05) is 12.1 Å². The summed E-state index contributed by atoms with van der Waals surface area (Å²) < 4.78 is 50.0. The number of hydrogen-bond donors (Lipinski definition) is 2. The summed E-state index contributed by atoms with van der Waals surface area (Å²) in [6.07, 6.45) is -5.17. The van der Waals surface area contributed by atoms with Crippen molar-refractivity contribution in [3.05, 3.63) is 29.8 Å². The van der Waals surface area contributed by atoms with Crippen LogP contribution in [0.25, 0.3) is 0 Å². The quantitative estimate of drug-likeness (QED) is 0.610. The van der Waals surface area contributed by atoms with Gasteiger partial charge in [0, 0.05) is 0 Å². The van der Waals surface area contributed by atoms with Gasteiger partial charge in [-0.2, -0.15) is 0 Å². The number of methoxy groups -OCH3 is 1. The van der Waals surface area contributed by atoms with Crippen LogP contribution in [0.15, 0.2) is 24.3 Å². The van der Waals surface area contributed by atoms with E-state index in [0.29, 0.717) is 5.56 Å². The van der Waals surface area contributed by atoms with E-state index in [4.69, 9.17) is 4.74 Å². The highest BCUT2D eigenvalue weighted by molar-refractivity contribution is 5.87. The maximum Gasteiger partial charge on any atom is 0.573 e. The molecule has 0 aromatic heterocycles. The Labute approximate surface area is 172 Å². The molecule has 30 heavy (non-hydrogen) atoms. The second kappa shape index (κ2) is 10.7. The van der Waals surface area contributed by atoms with Crippen LogP contribution in [0.1, 0.15) is 32.8 Å². The Kier molecular flexibility index (Phi) is 8.94. The second-order valence-corrected chi connectivity index (χ2v) is 7.23. The smallest absolute Gasteiger partial charge is 0.467 e. The Morgan fingerprint density at radius 3 is 2.17 bits per heavy atom. The summed E-state index contributed by atoms with van der Waals surface area (Å²) in [4.78, 5) is 35.5. The van der Waals surface area contributed by atoms with Crippen LogP contribution in [0, 0.1) is 0 Å². The number of nitrogens with one attached hydrogen (secondary N) is 2. The molecule has 0 saturated heterocycles. The van der Waals surface area contributed by atoms with Gasteiger partial charge in [-0.25, -0.2) is 9.59 Å². The first-order chi connectivity index (χ1) is 13.8. The van der Waals surface area contributed by atoms with Gasteiger partial charge in [0.15, 0.2) is 0 Å². The Morgan fingerprint density at radius 2 is 1.67 bits per heavy atom. The van der Waals surface area contributed by atoms with Gasteiger partial charge in [0.05, 0.1) is 7.11 Å². The Bertz CT molecular complexity index is 729. The minimum absolute atomic E-state index is 0.129.